The van der Waals surface area contributed by atoms with Crippen molar-refractivity contribution >= 4 is 35.3 Å². The standard InChI is InChI=1S/C41H51N7O8/c1-25(54-3)36(46-41(52)56-5)39(50)47-19-6-8-34(47)32-22-30(23-42-32)28-12-10-26(11-13-28)27-14-16-29(17-15-27)33-24-43-37(44-33)35-9-7-20-48(35)38(49)31(18-21-53-2)45-40(51)55-4/h10-17,23-25,31,34-36H,6-9,18-22H2,1-5H3,(H,43,44)(H,45,51)(H,46,52)/t25-,31+,34+,35+,36+/m1/s1. The Labute approximate surface area is 326 Å². The molecule has 3 aliphatic rings. The number of nitrogens with zero attached hydrogens (tertiary/aromatic N) is 4. The number of rotatable bonds is 14. The van der Waals surface area contributed by atoms with E-state index in [2.05, 4.69) is 57.0 Å². The van der Waals surface area contributed by atoms with E-state index in [0.29, 0.717) is 38.4 Å². The van der Waals surface area contributed by atoms with E-state index in [-0.39, 0.29) is 23.9 Å². The molecule has 3 N–H and O–H groups in total. The van der Waals surface area contributed by atoms with E-state index in [1.165, 1.54) is 21.3 Å². The van der Waals surface area contributed by atoms with Crippen molar-refractivity contribution in [1.29, 1.82) is 0 Å². The second-order valence-electron chi connectivity index (χ2n) is 14.2. The molecule has 0 bridgehead atoms. The summed E-state index contributed by atoms with van der Waals surface area (Å²) in [4.78, 5) is 67.6. The number of aromatic amines is 1. The molecule has 0 radical (unpaired) electrons. The van der Waals surface area contributed by atoms with Crippen LogP contribution >= 0.6 is 0 Å². The lowest BCUT2D eigenvalue weighted by Gasteiger charge is -2.31. The number of benzene rings is 2. The fourth-order valence-electron chi connectivity index (χ4n) is 7.67. The molecule has 15 nitrogen and oxygen atoms in total. The molecule has 3 aliphatic heterocycles. The summed E-state index contributed by atoms with van der Waals surface area (Å²) in [7, 11) is 5.60. The third-order valence-electron chi connectivity index (χ3n) is 10.9. The van der Waals surface area contributed by atoms with Crippen molar-refractivity contribution in [3.8, 4) is 22.4 Å². The number of likely N-dealkylation sites (tertiary alicyclic amines) is 2. The van der Waals surface area contributed by atoms with Gasteiger partial charge in [0.25, 0.3) is 0 Å². The Morgan fingerprint density at radius 3 is 2.02 bits per heavy atom. The molecule has 2 aromatic carbocycles. The molecule has 2 fully saturated rings. The van der Waals surface area contributed by atoms with E-state index in [1.54, 1.807) is 30.0 Å². The number of hydrogen-bond donors (Lipinski definition) is 3. The first kappa shape index (κ1) is 40.1. The van der Waals surface area contributed by atoms with Crippen molar-refractivity contribution in [3.63, 3.8) is 0 Å². The molecule has 0 unspecified atom stereocenters. The summed E-state index contributed by atoms with van der Waals surface area (Å²) in [6.07, 6.45) is 6.01. The number of imidazole rings is 1. The number of carbonyl (C=O) groups excluding carboxylic acids is 4. The number of alkyl carbamates (subject to hydrolysis) is 2. The number of hydrogen-bond acceptors (Lipinski definition) is 10. The zero-order chi connectivity index (χ0) is 39.8. The van der Waals surface area contributed by atoms with Crippen molar-refractivity contribution in [2.75, 3.05) is 48.1 Å². The summed E-state index contributed by atoms with van der Waals surface area (Å²) >= 11 is 0. The van der Waals surface area contributed by atoms with Crippen LogP contribution in [0.25, 0.3) is 28.0 Å². The number of methoxy groups -OCH3 is 4. The predicted octanol–water partition coefficient (Wildman–Crippen LogP) is 5.10. The van der Waals surface area contributed by atoms with E-state index in [1.807, 2.05) is 18.3 Å². The number of amides is 4. The maximum Gasteiger partial charge on any atom is 0.407 e. The minimum atomic E-state index is -0.870. The monoisotopic (exact) mass is 769 g/mol. The summed E-state index contributed by atoms with van der Waals surface area (Å²) in [6, 6.07) is 14.6. The van der Waals surface area contributed by atoms with Crippen LogP contribution < -0.4 is 10.6 Å². The normalized spacial score (nSPS) is 19.5. The quantitative estimate of drug-likeness (QED) is 0.201. The van der Waals surface area contributed by atoms with Crippen molar-refractivity contribution in [2.24, 2.45) is 4.99 Å². The molecular formula is C41H51N7O8. The maximum atomic E-state index is 13.6. The molecule has 0 aliphatic carbocycles. The first-order valence-electron chi connectivity index (χ1n) is 19.0. The van der Waals surface area contributed by atoms with Crippen LogP contribution in [0.1, 0.15) is 62.9 Å². The molecule has 298 valence electrons. The lowest BCUT2D eigenvalue weighted by atomic mass is 9.96. The Balaban J connectivity index is 1.07. The van der Waals surface area contributed by atoms with E-state index in [9.17, 15) is 19.2 Å². The molecule has 6 rings (SSSR count). The molecule has 5 atom stereocenters. The average Bonchev–Trinajstić information content (AvgIpc) is 4.07. The molecule has 0 saturated carbocycles. The fraction of sp³-hybridized carbons (Fsp3) is 0.463. The summed E-state index contributed by atoms with van der Waals surface area (Å²) in [5.41, 5.74) is 7.02. The van der Waals surface area contributed by atoms with Crippen LogP contribution in [0.15, 0.2) is 65.9 Å². The molecule has 3 aromatic rings. The second kappa shape index (κ2) is 18.4. The number of nitrogens with one attached hydrogen (secondary N) is 3. The van der Waals surface area contributed by atoms with Crippen molar-refractivity contribution < 1.29 is 38.1 Å². The SMILES string of the molecule is COCC[C@H](NC(=O)OC)C(=O)N1CCC[C@H]1c1ncc(-c2ccc(-c3ccc(C4=CN=C([C@@H]5CCCN5C(=O)[C@@H](NC(=O)OC)[C@@H](C)OC)C4)cc3)cc2)[nH]1. The van der Waals surface area contributed by atoms with Gasteiger partial charge in [0.2, 0.25) is 11.8 Å². The second-order valence-corrected chi connectivity index (χ2v) is 14.2. The van der Waals surface area contributed by atoms with Crippen LogP contribution in [0.4, 0.5) is 9.59 Å². The van der Waals surface area contributed by atoms with Crippen LogP contribution in [-0.4, -0.2) is 122 Å². The lowest BCUT2D eigenvalue weighted by molar-refractivity contribution is -0.136. The van der Waals surface area contributed by atoms with Crippen molar-refractivity contribution in [2.45, 2.75) is 75.7 Å². The lowest BCUT2D eigenvalue weighted by Crippen LogP contribution is -2.56. The zero-order valence-corrected chi connectivity index (χ0v) is 32.6. The number of H-pyrrole nitrogens is 1. The van der Waals surface area contributed by atoms with E-state index >= 15 is 0 Å². The first-order valence-corrected chi connectivity index (χ1v) is 19.0. The predicted molar refractivity (Wildman–Crippen MR) is 210 cm³/mol. The number of ether oxygens (including phenoxy) is 4. The third kappa shape index (κ3) is 8.95. The van der Waals surface area contributed by atoms with Gasteiger partial charge in [0.15, 0.2) is 0 Å². The highest BCUT2D eigenvalue weighted by Crippen LogP contribution is 2.34. The van der Waals surface area contributed by atoms with Gasteiger partial charge in [-0.2, -0.15) is 0 Å². The number of carbonyl (C=O) groups is 4. The number of aliphatic imine (C=N–C) groups is 1. The highest BCUT2D eigenvalue weighted by atomic mass is 16.5. The largest absolute Gasteiger partial charge is 0.453 e. The van der Waals surface area contributed by atoms with E-state index in [4.69, 9.17) is 23.9 Å². The van der Waals surface area contributed by atoms with Crippen molar-refractivity contribution in [1.82, 2.24) is 30.4 Å². The van der Waals surface area contributed by atoms with Gasteiger partial charge < -0.3 is 44.4 Å². The van der Waals surface area contributed by atoms with Gasteiger partial charge in [-0.25, -0.2) is 14.6 Å². The molecule has 4 heterocycles. The van der Waals surface area contributed by atoms with Crippen LogP contribution in [-0.2, 0) is 28.5 Å². The topological polar surface area (TPSA) is 177 Å². The van der Waals surface area contributed by atoms with Gasteiger partial charge in [0, 0.05) is 58.7 Å². The maximum absolute atomic E-state index is 13.6. The van der Waals surface area contributed by atoms with Crippen LogP contribution in [0, 0.1) is 0 Å². The summed E-state index contributed by atoms with van der Waals surface area (Å²) in [5, 5.41) is 5.29. The number of allylic oxidation sites excluding steroid dienone is 1. The molecule has 1 aromatic heterocycles. The van der Waals surface area contributed by atoms with Crippen LogP contribution in [0.2, 0.25) is 0 Å². The molecular weight excluding hydrogens is 718 g/mol. The van der Waals surface area contributed by atoms with Gasteiger partial charge in [-0.05, 0) is 60.4 Å². The van der Waals surface area contributed by atoms with Crippen LogP contribution in [0.5, 0.6) is 0 Å². The van der Waals surface area contributed by atoms with Gasteiger partial charge in [-0.1, -0.05) is 48.5 Å². The molecule has 4 amide bonds. The molecule has 15 heteroatoms. The van der Waals surface area contributed by atoms with Crippen molar-refractivity contribution in [3.05, 3.63) is 72.3 Å². The average molecular weight is 770 g/mol. The van der Waals surface area contributed by atoms with E-state index < -0.39 is 30.4 Å². The first-order chi connectivity index (χ1) is 27.1. The molecule has 56 heavy (non-hydrogen) atoms. The Morgan fingerprint density at radius 1 is 0.804 bits per heavy atom. The Kier molecular flexibility index (Phi) is 13.2. The fourth-order valence-corrected chi connectivity index (χ4v) is 7.67. The Hall–Kier alpha value is -5.54. The zero-order valence-electron chi connectivity index (χ0n) is 32.6. The van der Waals surface area contributed by atoms with Gasteiger partial charge in [-0.3, -0.25) is 14.6 Å². The summed E-state index contributed by atoms with van der Waals surface area (Å²) < 4.78 is 20.1. The van der Waals surface area contributed by atoms with Gasteiger partial charge in [0.1, 0.15) is 17.9 Å². The number of aromatic nitrogens is 2. The molecule has 2 saturated heterocycles. The minimum Gasteiger partial charge on any atom is -0.453 e. The summed E-state index contributed by atoms with van der Waals surface area (Å²) in [6.45, 7) is 3.21. The smallest absolute Gasteiger partial charge is 0.407 e. The van der Waals surface area contributed by atoms with Gasteiger partial charge in [0.05, 0.1) is 44.3 Å². The highest BCUT2D eigenvalue weighted by Gasteiger charge is 2.40. The Bertz CT molecular complexity index is 1930. The molecule has 0 spiro atoms. The Morgan fingerprint density at radius 2 is 1.39 bits per heavy atom. The van der Waals surface area contributed by atoms with Crippen LogP contribution in [0.3, 0.4) is 0 Å². The summed E-state index contributed by atoms with van der Waals surface area (Å²) in [5.74, 6) is 0.304. The van der Waals surface area contributed by atoms with Gasteiger partial charge in [-0.15, -0.1) is 0 Å². The third-order valence-corrected chi connectivity index (χ3v) is 10.9. The van der Waals surface area contributed by atoms with E-state index in [0.717, 1.165) is 64.9 Å². The minimum absolute atomic E-state index is 0.153. The highest BCUT2D eigenvalue weighted by molar-refractivity contribution is 6.04. The van der Waals surface area contributed by atoms with Gasteiger partial charge >= 0.3 is 12.2 Å².